The SMILES string of the molecule is CC(C)C(=N)c1c(OCC2CCN(C(=O)OC(C)(C)C)CC2)cc(C(=O)O)nc1Nc1ccc(F)cc1. The Hall–Kier alpha value is -3.69. The van der Waals surface area contributed by atoms with E-state index in [0.29, 0.717) is 43.8 Å². The minimum atomic E-state index is -1.24. The lowest BCUT2D eigenvalue weighted by Crippen LogP contribution is -2.42. The molecule has 2 aromatic rings. The number of carbonyl (C=O) groups is 2. The number of aromatic carboxylic acids is 1. The van der Waals surface area contributed by atoms with Gasteiger partial charge in [0.25, 0.3) is 0 Å². The number of aromatic nitrogens is 1. The highest BCUT2D eigenvalue weighted by Gasteiger charge is 2.28. The van der Waals surface area contributed by atoms with Crippen molar-refractivity contribution in [2.45, 2.75) is 53.1 Å². The van der Waals surface area contributed by atoms with Crippen LogP contribution < -0.4 is 10.1 Å². The van der Waals surface area contributed by atoms with Gasteiger partial charge in [0.15, 0.2) is 5.69 Å². The molecule has 0 bridgehead atoms. The average Bonchev–Trinajstić information content (AvgIpc) is 2.82. The number of carboxylic acid groups (broad SMARTS) is 1. The molecule has 0 spiro atoms. The van der Waals surface area contributed by atoms with Gasteiger partial charge < -0.3 is 30.2 Å². The van der Waals surface area contributed by atoms with Crippen molar-refractivity contribution in [2.24, 2.45) is 11.8 Å². The van der Waals surface area contributed by atoms with Crippen LogP contribution in [0, 0.1) is 23.1 Å². The second kappa shape index (κ2) is 11.6. The van der Waals surface area contributed by atoms with E-state index in [1.807, 2.05) is 34.6 Å². The molecule has 2 heterocycles. The number of hydrogen-bond donors (Lipinski definition) is 3. The normalized spacial score (nSPS) is 14.4. The highest BCUT2D eigenvalue weighted by molar-refractivity contribution is 6.07. The summed E-state index contributed by atoms with van der Waals surface area (Å²) in [6.45, 7) is 10.6. The summed E-state index contributed by atoms with van der Waals surface area (Å²) < 4.78 is 25.0. The quantitative estimate of drug-likeness (QED) is 0.385. The third-order valence-electron chi connectivity index (χ3n) is 5.90. The monoisotopic (exact) mass is 514 g/mol. The van der Waals surface area contributed by atoms with E-state index in [1.54, 1.807) is 4.90 Å². The smallest absolute Gasteiger partial charge is 0.410 e. The number of halogens is 1. The molecule has 200 valence electrons. The maximum absolute atomic E-state index is 13.4. The van der Waals surface area contributed by atoms with E-state index in [4.69, 9.17) is 14.9 Å². The number of carbonyl (C=O) groups excluding carboxylic acids is 1. The third kappa shape index (κ3) is 7.65. The molecule has 1 saturated heterocycles. The van der Waals surface area contributed by atoms with E-state index in [1.165, 1.54) is 30.3 Å². The van der Waals surface area contributed by atoms with Gasteiger partial charge in [-0.3, -0.25) is 0 Å². The van der Waals surface area contributed by atoms with Crippen LogP contribution in [-0.4, -0.2) is 58.1 Å². The summed E-state index contributed by atoms with van der Waals surface area (Å²) in [6.07, 6.45) is 1.07. The number of nitrogens with one attached hydrogen (secondary N) is 2. The number of pyridine rings is 1. The van der Waals surface area contributed by atoms with Crippen LogP contribution in [0.4, 0.5) is 20.7 Å². The van der Waals surface area contributed by atoms with Crippen molar-refractivity contribution >= 4 is 29.3 Å². The lowest BCUT2D eigenvalue weighted by atomic mass is 9.97. The van der Waals surface area contributed by atoms with Crippen molar-refractivity contribution in [2.75, 3.05) is 25.0 Å². The number of ether oxygens (including phenoxy) is 2. The summed E-state index contributed by atoms with van der Waals surface area (Å²) in [5.41, 5.74) is 0.283. The second-order valence-corrected chi connectivity index (χ2v) is 10.5. The number of hydrogen-bond acceptors (Lipinski definition) is 7. The molecular formula is C27H35FN4O5. The molecule has 3 N–H and O–H groups in total. The zero-order valence-electron chi connectivity index (χ0n) is 21.9. The lowest BCUT2D eigenvalue weighted by Gasteiger charge is -2.33. The zero-order chi connectivity index (χ0) is 27.3. The number of piperidine rings is 1. The first-order valence-electron chi connectivity index (χ1n) is 12.3. The molecule has 0 unspecified atom stereocenters. The van der Waals surface area contributed by atoms with Crippen molar-refractivity contribution in [1.82, 2.24) is 9.88 Å². The molecule has 3 rings (SSSR count). The van der Waals surface area contributed by atoms with Gasteiger partial charge in [0.05, 0.1) is 12.2 Å². The van der Waals surface area contributed by atoms with Crippen LogP contribution in [0.15, 0.2) is 30.3 Å². The summed E-state index contributed by atoms with van der Waals surface area (Å²) in [4.78, 5) is 30.1. The number of anilines is 2. The Balaban J connectivity index is 1.81. The highest BCUT2D eigenvalue weighted by Crippen LogP contribution is 2.32. The van der Waals surface area contributed by atoms with Gasteiger partial charge in [-0.2, -0.15) is 0 Å². The van der Waals surface area contributed by atoms with Crippen molar-refractivity contribution in [3.8, 4) is 5.75 Å². The van der Waals surface area contributed by atoms with E-state index in [9.17, 15) is 19.1 Å². The number of amides is 1. The summed E-state index contributed by atoms with van der Waals surface area (Å²) in [6, 6.07) is 6.90. The number of rotatable bonds is 8. The summed E-state index contributed by atoms with van der Waals surface area (Å²) in [5.74, 6) is -1.30. The predicted molar refractivity (Wildman–Crippen MR) is 139 cm³/mol. The molecule has 1 aromatic carbocycles. The number of nitrogens with zero attached hydrogens (tertiary/aromatic N) is 2. The maximum atomic E-state index is 13.4. The fourth-order valence-electron chi connectivity index (χ4n) is 3.87. The van der Waals surface area contributed by atoms with E-state index in [0.717, 1.165) is 0 Å². The Kier molecular flexibility index (Phi) is 8.73. The van der Waals surface area contributed by atoms with Crippen molar-refractivity contribution < 1.29 is 28.6 Å². The van der Waals surface area contributed by atoms with Gasteiger partial charge in [0.2, 0.25) is 0 Å². The molecule has 37 heavy (non-hydrogen) atoms. The minimum Gasteiger partial charge on any atom is -0.492 e. The second-order valence-electron chi connectivity index (χ2n) is 10.5. The first-order chi connectivity index (χ1) is 17.3. The van der Waals surface area contributed by atoms with Crippen molar-refractivity contribution in [3.63, 3.8) is 0 Å². The van der Waals surface area contributed by atoms with Crippen molar-refractivity contribution in [3.05, 3.63) is 47.4 Å². The van der Waals surface area contributed by atoms with Crippen molar-refractivity contribution in [1.29, 1.82) is 5.41 Å². The van der Waals surface area contributed by atoms with Gasteiger partial charge in [-0.15, -0.1) is 0 Å². The number of likely N-dealkylation sites (tertiary alicyclic amines) is 1. The first-order valence-corrected chi connectivity index (χ1v) is 12.3. The molecule has 1 fully saturated rings. The van der Waals surface area contributed by atoms with Gasteiger partial charge in [-0.25, -0.2) is 19.0 Å². The lowest BCUT2D eigenvalue weighted by molar-refractivity contribution is 0.0165. The summed E-state index contributed by atoms with van der Waals surface area (Å²) >= 11 is 0. The molecule has 0 atom stereocenters. The topological polar surface area (TPSA) is 125 Å². The molecule has 1 aliphatic heterocycles. The van der Waals surface area contributed by atoms with E-state index in [-0.39, 0.29) is 40.9 Å². The maximum Gasteiger partial charge on any atom is 0.410 e. The molecule has 1 aromatic heterocycles. The van der Waals surface area contributed by atoms with Gasteiger partial charge in [-0.1, -0.05) is 13.8 Å². The van der Waals surface area contributed by atoms with E-state index < -0.39 is 17.4 Å². The minimum absolute atomic E-state index is 0.134. The highest BCUT2D eigenvalue weighted by atomic mass is 19.1. The molecule has 1 amide bonds. The van der Waals surface area contributed by atoms with Gasteiger partial charge >= 0.3 is 12.1 Å². The molecule has 0 radical (unpaired) electrons. The average molecular weight is 515 g/mol. The Morgan fingerprint density at radius 2 is 1.84 bits per heavy atom. The number of carboxylic acids is 1. The Bertz CT molecular complexity index is 1140. The molecule has 10 heteroatoms. The zero-order valence-corrected chi connectivity index (χ0v) is 21.9. The van der Waals surface area contributed by atoms with Crippen LogP contribution in [0.2, 0.25) is 0 Å². The van der Waals surface area contributed by atoms with E-state index in [2.05, 4.69) is 10.3 Å². The van der Waals surface area contributed by atoms with Gasteiger partial charge in [-0.05, 0) is 69.7 Å². The van der Waals surface area contributed by atoms with Gasteiger partial charge in [0.1, 0.15) is 23.0 Å². The largest absolute Gasteiger partial charge is 0.492 e. The fraction of sp³-hybridized carbons (Fsp3) is 0.481. The molecule has 1 aliphatic rings. The van der Waals surface area contributed by atoms with E-state index >= 15 is 0 Å². The van der Waals surface area contributed by atoms with Crippen LogP contribution in [-0.2, 0) is 4.74 Å². The van der Waals surface area contributed by atoms with Gasteiger partial charge in [0, 0.05) is 30.6 Å². The molecule has 0 saturated carbocycles. The molecule has 0 aliphatic carbocycles. The Morgan fingerprint density at radius 1 is 1.22 bits per heavy atom. The van der Waals surface area contributed by atoms with Crippen LogP contribution in [0.5, 0.6) is 5.75 Å². The standard InChI is InChI=1S/C27H35FN4O5/c1-16(2)23(29)22-21(36-15-17-10-12-32(13-11-17)26(35)37-27(3,4)5)14-20(25(33)34)31-24(22)30-19-8-6-18(28)7-9-19/h6-9,14,16-17,29H,10-13,15H2,1-5H3,(H,30,31)(H,33,34). The summed E-state index contributed by atoms with van der Waals surface area (Å²) in [7, 11) is 0. The summed E-state index contributed by atoms with van der Waals surface area (Å²) in [5, 5.41) is 21.4. The number of benzene rings is 1. The van der Waals surface area contributed by atoms with Crippen LogP contribution in [0.25, 0.3) is 0 Å². The molecular weight excluding hydrogens is 479 g/mol. The first kappa shape index (κ1) is 27.9. The Labute approximate surface area is 216 Å². The fourth-order valence-corrected chi connectivity index (χ4v) is 3.87. The van der Waals surface area contributed by atoms with Crippen LogP contribution >= 0.6 is 0 Å². The third-order valence-corrected chi connectivity index (χ3v) is 5.90. The predicted octanol–water partition coefficient (Wildman–Crippen LogP) is 5.71. The van der Waals surface area contributed by atoms with Crippen LogP contribution in [0.3, 0.4) is 0 Å². The van der Waals surface area contributed by atoms with Crippen LogP contribution in [0.1, 0.15) is 63.5 Å². The Morgan fingerprint density at radius 3 is 2.38 bits per heavy atom. The molecule has 9 nitrogen and oxygen atoms in total.